The molecule has 0 radical (unpaired) electrons. The second kappa shape index (κ2) is 48.1. The number of nitrogens with zero attached hydrogens (tertiary/aromatic N) is 2. The smallest absolute Gasteiger partial charge is 0.412 e. The number of aliphatic hydroxyl groups excluding tert-OH is 5. The van der Waals surface area contributed by atoms with E-state index >= 15 is 4.79 Å². The van der Waals surface area contributed by atoms with Crippen LogP contribution in [0.4, 0.5) is 28.8 Å². The largest absolute Gasteiger partial charge is 0.445 e. The molecule has 14 rings (SSSR count). The number of aliphatic hydroxyl groups is 5. The van der Waals surface area contributed by atoms with Crippen LogP contribution in [0.1, 0.15) is 103 Å². The van der Waals surface area contributed by atoms with Gasteiger partial charge in [0.25, 0.3) is 5.91 Å². The van der Waals surface area contributed by atoms with Crippen LogP contribution >= 0.6 is 0 Å². The van der Waals surface area contributed by atoms with Gasteiger partial charge in [0.2, 0.25) is 0 Å². The van der Waals surface area contributed by atoms with Crippen LogP contribution in [-0.2, 0) is 120 Å². The Labute approximate surface area is 763 Å². The van der Waals surface area contributed by atoms with E-state index in [0.717, 1.165) is 0 Å². The Balaban J connectivity index is 0.829. The molecule has 5 aliphatic heterocycles. The molecule has 23 atom stereocenters. The van der Waals surface area contributed by atoms with Crippen molar-refractivity contribution in [3.8, 4) is 0 Å². The molecule has 0 spiro atoms. The molecule has 2 unspecified atom stereocenters. The summed E-state index contributed by atoms with van der Waals surface area (Å²) >= 11 is 0. The highest BCUT2D eigenvalue weighted by Crippen LogP contribution is 2.43. The standard InChI is InChI=1S/C97H113N7O28/c1-3-5-47-117-70(50-98-92(111)119-54-60-31-15-7-16-32-60)84(118-48-6-4-2)86(110)99-68-49-69(100-93(112)120-55-61-33-17-8-18-34-61)80(130-89-74(101-94(113)121-56-62-35-19-9-20-36-62)77(107)81-71(125-89)51-103(87(128-81)66-43-27-13-28-44-66)96(115)123-58-64-39-23-11-24-40-64)85(76(68)106)132-91-79(109)83(73(53-105)127-91)131-90-75(102-95(114)122-57-63-37-21-10-22-38-63)78(108)82-72(126-90)52-104(88(129-82)67-45-29-14-30-46-67)97(116)124-59-65-41-25-12-26-42-65/h7-46,68-85,87-91,105-109H,3-6,47-59H2,1-2H3,(H,98,111)(H,99,110)(H,100,112)(H,101,113)(H,102,114)/t68-,69+,70-,71-,72+,73-,74-,75-,76+,77+,78-,79-,80-,81-,82-,83-,84+,85-,87?,88?,89-,90-,91+/m1/s1. The highest BCUT2D eigenvalue weighted by molar-refractivity contribution is 5.82. The van der Waals surface area contributed by atoms with Crippen LogP contribution in [0.5, 0.6) is 0 Å². The number of unbranched alkanes of at least 4 members (excludes halogenated alkanes) is 2. The van der Waals surface area contributed by atoms with Crippen molar-refractivity contribution < 1.29 is 135 Å². The second-order valence-corrected chi connectivity index (χ2v) is 32.7. The first-order valence-electron chi connectivity index (χ1n) is 44.4. The van der Waals surface area contributed by atoms with Gasteiger partial charge in [-0.05, 0) is 52.6 Å². The average Bonchev–Trinajstić information content (AvgIpc) is 0.980. The van der Waals surface area contributed by atoms with Gasteiger partial charge < -0.3 is 128 Å². The second-order valence-electron chi connectivity index (χ2n) is 32.7. The minimum Gasteiger partial charge on any atom is -0.445 e. The Morgan fingerprint density at radius 3 is 1.15 bits per heavy atom. The molecule has 8 aromatic rings. The third-order valence-electron chi connectivity index (χ3n) is 23.3. The van der Waals surface area contributed by atoms with Gasteiger partial charge in [0.1, 0.15) is 131 Å². The SMILES string of the molecule is CCCCO[C@H](C(=O)N[C@@H]1C[C@H](NC(=O)OCc2ccccc2)[C@@H](O[C@H]2O[C@@H]3CN(C(=O)OCc4ccccc4)C(c4ccccc4)O[C@H]3[C@@H](O)[C@H]2NC(=O)OCc2ccccc2)[C@H](O[C@@H]2O[C@H](CO)[C@@H](O[C@H]3O[C@H]4CN(C(=O)OCc5ccccc5)C(c5ccccc5)O[C@H]4[C@H](O)[C@H]3NC(=O)OCc3ccccc3)[C@H]2O)[C@H]1O)[C@@H](CNC(=O)OCc1ccccc1)OCCCC. The van der Waals surface area contributed by atoms with E-state index in [1.807, 2.05) is 26.0 Å². The van der Waals surface area contributed by atoms with Crippen LogP contribution < -0.4 is 26.6 Å². The molecule has 6 aliphatic rings. The minimum atomic E-state index is -2.15. The molecule has 6 fully saturated rings. The molecule has 7 amide bonds. The van der Waals surface area contributed by atoms with E-state index in [2.05, 4.69) is 26.6 Å². The molecule has 1 aliphatic carbocycles. The van der Waals surface area contributed by atoms with Crippen molar-refractivity contribution in [3.05, 3.63) is 287 Å². The summed E-state index contributed by atoms with van der Waals surface area (Å²) in [6.07, 6.45) is -36.5. The summed E-state index contributed by atoms with van der Waals surface area (Å²) in [5.41, 5.74) is 4.66. The van der Waals surface area contributed by atoms with E-state index in [1.54, 1.807) is 231 Å². The number of alkyl carbamates (subject to hydrolysis) is 4. The van der Waals surface area contributed by atoms with E-state index < -0.39 is 203 Å². The third kappa shape index (κ3) is 25.8. The number of benzene rings is 8. The maximum absolute atomic E-state index is 15.8. The average molecular weight is 1820 g/mol. The topological polar surface area (TPSA) is 435 Å². The summed E-state index contributed by atoms with van der Waals surface area (Å²) in [6.45, 7) is 0.563. The van der Waals surface area contributed by atoms with E-state index in [1.165, 1.54) is 9.80 Å². The fraction of sp³-hybridized carbons (Fsp3) is 0.433. The first-order valence-corrected chi connectivity index (χ1v) is 44.4. The van der Waals surface area contributed by atoms with Crippen molar-refractivity contribution >= 4 is 42.5 Å². The van der Waals surface area contributed by atoms with Crippen molar-refractivity contribution in [2.75, 3.05) is 39.5 Å². The zero-order valence-corrected chi connectivity index (χ0v) is 72.9. The fourth-order valence-electron chi connectivity index (χ4n) is 16.4. The number of hydrogen-bond acceptors (Lipinski definition) is 28. The van der Waals surface area contributed by atoms with Crippen molar-refractivity contribution in [1.82, 2.24) is 36.4 Å². The lowest BCUT2D eigenvalue weighted by Gasteiger charge is -2.52. The van der Waals surface area contributed by atoms with Crippen molar-refractivity contribution in [3.63, 3.8) is 0 Å². The van der Waals surface area contributed by atoms with E-state index in [-0.39, 0.29) is 65.9 Å². The number of amides is 7. The van der Waals surface area contributed by atoms with E-state index in [0.29, 0.717) is 70.2 Å². The lowest BCUT2D eigenvalue weighted by molar-refractivity contribution is -0.335. The van der Waals surface area contributed by atoms with Gasteiger partial charge in [-0.25, -0.2) is 28.8 Å². The summed E-state index contributed by atoms with van der Waals surface area (Å²) in [7, 11) is 0. The third-order valence-corrected chi connectivity index (χ3v) is 23.3. The Morgan fingerprint density at radius 2 is 0.750 bits per heavy atom. The molecule has 5 saturated heterocycles. The summed E-state index contributed by atoms with van der Waals surface area (Å²) in [4.78, 5) is 105. The Hall–Kier alpha value is -11.8. The van der Waals surface area contributed by atoms with Crippen LogP contribution in [0, 0.1) is 0 Å². The highest BCUT2D eigenvalue weighted by Gasteiger charge is 2.60. The van der Waals surface area contributed by atoms with E-state index in [4.69, 9.17) is 75.8 Å². The van der Waals surface area contributed by atoms with Gasteiger partial charge in [-0.2, -0.15) is 0 Å². The monoisotopic (exact) mass is 1820 g/mol. The molecule has 8 aromatic carbocycles. The number of hydrogen-bond donors (Lipinski definition) is 10. The normalized spacial score (nSPS) is 27.1. The fourth-order valence-corrected chi connectivity index (χ4v) is 16.4. The molecule has 35 heteroatoms. The highest BCUT2D eigenvalue weighted by atomic mass is 16.8. The number of carbonyl (C=O) groups is 7. The van der Waals surface area contributed by atoms with Gasteiger partial charge in [-0.1, -0.05) is 269 Å². The van der Waals surface area contributed by atoms with Gasteiger partial charge in [-0.15, -0.1) is 0 Å². The van der Waals surface area contributed by atoms with Crippen molar-refractivity contribution in [2.24, 2.45) is 0 Å². The number of nitrogens with one attached hydrogen (secondary N) is 5. The molecule has 5 heterocycles. The maximum Gasteiger partial charge on any atom is 0.412 e. The summed E-state index contributed by atoms with van der Waals surface area (Å²) in [5, 5.41) is 78.4. The van der Waals surface area contributed by atoms with Crippen LogP contribution in [0.2, 0.25) is 0 Å². The van der Waals surface area contributed by atoms with Gasteiger partial charge in [0.15, 0.2) is 37.4 Å². The predicted octanol–water partition coefficient (Wildman–Crippen LogP) is 9.30. The minimum absolute atomic E-state index is 0.0140. The Kier molecular flexibility index (Phi) is 35.1. The molecule has 1 saturated carbocycles. The van der Waals surface area contributed by atoms with Gasteiger partial charge >= 0.3 is 36.6 Å². The summed E-state index contributed by atoms with van der Waals surface area (Å²) in [5.74, 6) is -0.915. The van der Waals surface area contributed by atoms with Gasteiger partial charge in [0.05, 0.1) is 38.3 Å². The Morgan fingerprint density at radius 1 is 0.386 bits per heavy atom. The van der Waals surface area contributed by atoms with Crippen LogP contribution in [0.3, 0.4) is 0 Å². The summed E-state index contributed by atoms with van der Waals surface area (Å²) in [6, 6.07) is 63.3. The number of carbonyl (C=O) groups excluding carboxylic acids is 7. The van der Waals surface area contributed by atoms with Crippen LogP contribution in [0.15, 0.2) is 243 Å². The van der Waals surface area contributed by atoms with Gasteiger partial charge in [-0.3, -0.25) is 14.6 Å². The molecular weight excluding hydrogens is 1710 g/mol. The lowest BCUT2D eigenvalue weighted by Crippen LogP contribution is -2.72. The Bertz CT molecular complexity index is 4910. The quantitative estimate of drug-likeness (QED) is 0.0128. The van der Waals surface area contributed by atoms with Crippen LogP contribution in [0.25, 0.3) is 0 Å². The molecule has 35 nitrogen and oxygen atoms in total. The maximum atomic E-state index is 15.8. The molecule has 10 N–H and O–H groups in total. The summed E-state index contributed by atoms with van der Waals surface area (Å²) < 4.78 is 102. The zero-order valence-electron chi connectivity index (χ0n) is 72.9. The van der Waals surface area contributed by atoms with E-state index in [9.17, 15) is 54.3 Å². The number of fused-ring (bicyclic) bond motifs is 2. The molecule has 0 aromatic heterocycles. The number of ether oxygens (including phenoxy) is 16. The zero-order chi connectivity index (χ0) is 92.2. The van der Waals surface area contributed by atoms with Gasteiger partial charge in [0, 0.05) is 24.3 Å². The first-order chi connectivity index (χ1) is 64.4. The van der Waals surface area contributed by atoms with Crippen molar-refractivity contribution in [1.29, 1.82) is 0 Å². The lowest BCUT2D eigenvalue weighted by atomic mass is 9.83. The first kappa shape index (κ1) is 96.3. The van der Waals surface area contributed by atoms with Crippen molar-refractivity contribution in [2.45, 2.75) is 227 Å². The predicted molar refractivity (Wildman–Crippen MR) is 468 cm³/mol. The molecule has 704 valence electrons. The molecular formula is C97H113N7O28. The van der Waals surface area contributed by atoms with Crippen LogP contribution in [-0.4, -0.2) is 246 Å². The number of rotatable bonds is 37. The molecule has 0 bridgehead atoms. The molecule has 132 heavy (non-hydrogen) atoms.